The van der Waals surface area contributed by atoms with Crippen LogP contribution in [0.1, 0.15) is 25.7 Å². The Bertz CT molecular complexity index is 583. The number of rotatable bonds is 14. The van der Waals surface area contributed by atoms with Crippen molar-refractivity contribution >= 4 is 41.4 Å². The van der Waals surface area contributed by atoms with E-state index in [1.165, 1.54) is 11.8 Å². The maximum Gasteiger partial charge on any atom is 0.326 e. The number of nitrogens with zero attached hydrogens (tertiary/aromatic N) is 1. The molecule has 0 heterocycles. The summed E-state index contributed by atoms with van der Waals surface area (Å²) >= 11 is 1.52. The monoisotopic (exact) mass is 419 g/mol. The first-order chi connectivity index (χ1) is 13.1. The first-order valence-electron chi connectivity index (χ1n) is 8.50. The molecule has 0 saturated heterocycles. The summed E-state index contributed by atoms with van der Waals surface area (Å²) in [7, 11) is 0. The van der Waals surface area contributed by atoms with E-state index in [1.54, 1.807) is 0 Å². The number of carbonyl (C=O) groups is 4. The second kappa shape index (κ2) is 13.6. The van der Waals surface area contributed by atoms with Crippen molar-refractivity contribution in [2.75, 3.05) is 18.6 Å². The first kappa shape index (κ1) is 25.5. The molecular formula is C15H29N7O5S. The summed E-state index contributed by atoms with van der Waals surface area (Å²) in [5.41, 5.74) is 21.3. The highest BCUT2D eigenvalue weighted by Crippen LogP contribution is 2.04. The molecule has 3 amide bonds. The van der Waals surface area contributed by atoms with Crippen LogP contribution in [0.3, 0.4) is 0 Å². The Morgan fingerprint density at radius 2 is 1.64 bits per heavy atom. The summed E-state index contributed by atoms with van der Waals surface area (Å²) < 4.78 is 0. The van der Waals surface area contributed by atoms with Gasteiger partial charge in [-0.2, -0.15) is 11.8 Å². The number of aliphatic imine (C=N–C) groups is 1. The van der Waals surface area contributed by atoms with Crippen LogP contribution in [-0.4, -0.2) is 71.4 Å². The molecule has 12 nitrogen and oxygen atoms in total. The van der Waals surface area contributed by atoms with Crippen molar-refractivity contribution in [3.05, 3.63) is 0 Å². The Balaban J connectivity index is 5.09. The van der Waals surface area contributed by atoms with E-state index in [4.69, 9.17) is 28.0 Å². The fourth-order valence-corrected chi connectivity index (χ4v) is 2.59. The second-order valence-electron chi connectivity index (χ2n) is 5.97. The molecule has 0 aliphatic carbocycles. The minimum Gasteiger partial charge on any atom is -0.480 e. The van der Waals surface area contributed by atoms with Gasteiger partial charge in [-0.05, 0) is 31.3 Å². The van der Waals surface area contributed by atoms with Crippen LogP contribution in [-0.2, 0) is 19.2 Å². The molecule has 11 N–H and O–H groups in total. The lowest BCUT2D eigenvalue weighted by molar-refractivity contribution is -0.143. The summed E-state index contributed by atoms with van der Waals surface area (Å²) in [6, 6.07) is -3.40. The first-order valence-corrected chi connectivity index (χ1v) is 9.89. The second-order valence-corrected chi connectivity index (χ2v) is 6.95. The third-order valence-corrected chi connectivity index (χ3v) is 4.21. The van der Waals surface area contributed by atoms with Crippen LogP contribution in [0.4, 0.5) is 0 Å². The average molecular weight is 420 g/mol. The predicted octanol–water partition coefficient (Wildman–Crippen LogP) is -2.95. The molecule has 28 heavy (non-hydrogen) atoms. The van der Waals surface area contributed by atoms with Gasteiger partial charge in [0.25, 0.3) is 0 Å². The SMILES string of the molecule is CSCCC(N)C(=O)NC(CCCN=C(N)N)C(=O)NC(CC(N)=O)C(=O)O. The number of carboxylic acids is 1. The summed E-state index contributed by atoms with van der Waals surface area (Å²) in [5.74, 6) is -3.08. The van der Waals surface area contributed by atoms with E-state index in [1.807, 2.05) is 6.26 Å². The number of hydrogen-bond acceptors (Lipinski definition) is 7. The van der Waals surface area contributed by atoms with Crippen LogP contribution in [0, 0.1) is 0 Å². The van der Waals surface area contributed by atoms with Crippen LogP contribution < -0.4 is 33.6 Å². The van der Waals surface area contributed by atoms with Crippen molar-refractivity contribution in [2.24, 2.45) is 27.9 Å². The quantitative estimate of drug-likeness (QED) is 0.0865. The van der Waals surface area contributed by atoms with Gasteiger partial charge in [0.05, 0.1) is 12.5 Å². The molecular weight excluding hydrogens is 390 g/mol. The van der Waals surface area contributed by atoms with Crippen molar-refractivity contribution < 1.29 is 24.3 Å². The van der Waals surface area contributed by atoms with E-state index >= 15 is 0 Å². The summed E-state index contributed by atoms with van der Waals surface area (Å²) in [4.78, 5) is 50.7. The summed E-state index contributed by atoms with van der Waals surface area (Å²) in [5, 5.41) is 13.8. The fourth-order valence-electron chi connectivity index (χ4n) is 2.10. The fraction of sp³-hybridized carbons (Fsp3) is 0.667. The number of primary amides is 1. The van der Waals surface area contributed by atoms with E-state index in [0.717, 1.165) is 0 Å². The molecule has 0 aromatic rings. The van der Waals surface area contributed by atoms with Crippen molar-refractivity contribution in [2.45, 2.75) is 43.8 Å². The van der Waals surface area contributed by atoms with Gasteiger partial charge in [0.1, 0.15) is 12.1 Å². The highest BCUT2D eigenvalue weighted by atomic mass is 32.2. The number of guanidine groups is 1. The van der Waals surface area contributed by atoms with Gasteiger partial charge < -0.3 is 38.7 Å². The van der Waals surface area contributed by atoms with Crippen molar-refractivity contribution in [3.8, 4) is 0 Å². The molecule has 0 spiro atoms. The number of nitrogens with two attached hydrogens (primary N) is 4. The van der Waals surface area contributed by atoms with Gasteiger partial charge in [0.15, 0.2) is 5.96 Å². The molecule has 0 aliphatic rings. The van der Waals surface area contributed by atoms with Crippen LogP contribution in [0.25, 0.3) is 0 Å². The summed E-state index contributed by atoms with van der Waals surface area (Å²) in [6.07, 6.45) is 2.17. The zero-order valence-corrected chi connectivity index (χ0v) is 16.5. The molecule has 0 radical (unpaired) electrons. The zero-order chi connectivity index (χ0) is 21.7. The zero-order valence-electron chi connectivity index (χ0n) is 15.7. The van der Waals surface area contributed by atoms with Crippen molar-refractivity contribution in [1.82, 2.24) is 10.6 Å². The largest absolute Gasteiger partial charge is 0.480 e. The van der Waals surface area contributed by atoms with Crippen molar-refractivity contribution in [3.63, 3.8) is 0 Å². The number of hydrogen-bond donors (Lipinski definition) is 7. The Morgan fingerprint density at radius 1 is 1.04 bits per heavy atom. The number of carboxylic acid groups (broad SMARTS) is 1. The van der Waals surface area contributed by atoms with Crippen LogP contribution in [0.5, 0.6) is 0 Å². The molecule has 0 aliphatic heterocycles. The third kappa shape index (κ3) is 11.2. The van der Waals surface area contributed by atoms with Gasteiger partial charge >= 0.3 is 5.97 Å². The lowest BCUT2D eigenvalue weighted by Crippen LogP contribution is -2.55. The minimum absolute atomic E-state index is 0.114. The van der Waals surface area contributed by atoms with Crippen molar-refractivity contribution in [1.29, 1.82) is 0 Å². The van der Waals surface area contributed by atoms with Gasteiger partial charge in [0, 0.05) is 6.54 Å². The Kier molecular flexibility index (Phi) is 12.4. The van der Waals surface area contributed by atoms with Crippen LogP contribution in [0.2, 0.25) is 0 Å². The normalized spacial score (nSPS) is 13.6. The lowest BCUT2D eigenvalue weighted by Gasteiger charge is -2.22. The maximum absolute atomic E-state index is 12.5. The molecule has 0 aromatic heterocycles. The molecule has 160 valence electrons. The molecule has 0 fully saturated rings. The highest BCUT2D eigenvalue weighted by Gasteiger charge is 2.28. The topological polar surface area (TPSA) is 229 Å². The Morgan fingerprint density at radius 3 is 2.14 bits per heavy atom. The molecule has 0 aromatic carbocycles. The smallest absolute Gasteiger partial charge is 0.326 e. The van der Waals surface area contributed by atoms with E-state index in [9.17, 15) is 19.2 Å². The molecule has 13 heteroatoms. The number of carbonyl (C=O) groups excluding carboxylic acids is 3. The van der Waals surface area contributed by atoms with E-state index < -0.39 is 48.2 Å². The Labute approximate surface area is 167 Å². The van der Waals surface area contributed by atoms with Crippen LogP contribution in [0.15, 0.2) is 4.99 Å². The number of aliphatic carboxylic acids is 1. The highest BCUT2D eigenvalue weighted by molar-refractivity contribution is 7.98. The molecule has 0 saturated carbocycles. The minimum atomic E-state index is -1.51. The number of amides is 3. The number of nitrogens with one attached hydrogen (secondary N) is 2. The molecule has 0 rings (SSSR count). The van der Waals surface area contributed by atoms with E-state index in [0.29, 0.717) is 18.6 Å². The maximum atomic E-state index is 12.5. The van der Waals surface area contributed by atoms with Gasteiger partial charge in [0.2, 0.25) is 17.7 Å². The van der Waals surface area contributed by atoms with E-state index in [-0.39, 0.29) is 18.9 Å². The van der Waals surface area contributed by atoms with Gasteiger partial charge in [-0.15, -0.1) is 0 Å². The Hall–Kier alpha value is -2.54. The lowest BCUT2D eigenvalue weighted by atomic mass is 10.1. The molecule has 0 bridgehead atoms. The van der Waals surface area contributed by atoms with Gasteiger partial charge in [-0.25, -0.2) is 4.79 Å². The summed E-state index contributed by atoms with van der Waals surface area (Å²) in [6.45, 7) is 0.212. The molecule has 3 atom stereocenters. The predicted molar refractivity (Wildman–Crippen MR) is 106 cm³/mol. The average Bonchev–Trinajstić information content (AvgIpc) is 2.60. The molecule has 3 unspecified atom stereocenters. The van der Waals surface area contributed by atoms with E-state index in [2.05, 4.69) is 15.6 Å². The third-order valence-electron chi connectivity index (χ3n) is 3.57. The number of thioether (sulfide) groups is 1. The standard InChI is InChI=1S/C15H29N7O5S/c1-28-6-4-8(16)12(24)21-9(3-2-5-20-15(18)19)13(25)22-10(14(26)27)7-11(17)23/h8-10H,2-7,16H2,1H3,(H2,17,23)(H,21,24)(H,22,25)(H,26,27)(H4,18,19,20). The van der Waals surface area contributed by atoms with Gasteiger partial charge in [-0.3, -0.25) is 19.4 Å². The van der Waals surface area contributed by atoms with Crippen LogP contribution >= 0.6 is 11.8 Å². The van der Waals surface area contributed by atoms with Gasteiger partial charge in [-0.1, -0.05) is 0 Å².